The number of esters is 1. The molecule has 1 amide bonds. The Bertz CT molecular complexity index is 1540. The van der Waals surface area contributed by atoms with E-state index in [1.165, 1.54) is 7.11 Å². The molecule has 1 aliphatic carbocycles. The Morgan fingerprint density at radius 1 is 1.19 bits per heavy atom. The third kappa shape index (κ3) is 5.30. The zero-order valence-electron chi connectivity index (χ0n) is 23.2. The number of methoxy groups -OCH3 is 1. The fraction of sp³-hybridized carbons (Fsp3) is 0.323. The number of fused-ring (bicyclic) bond motifs is 4. The predicted octanol–water partition coefficient (Wildman–Crippen LogP) is 3.16. The molecule has 2 aromatic rings. The molecule has 11 heteroatoms. The summed E-state index contributed by atoms with van der Waals surface area (Å²) < 4.78 is 22.2. The van der Waals surface area contributed by atoms with Crippen LogP contribution < -0.4 is 19.9 Å². The van der Waals surface area contributed by atoms with Gasteiger partial charge < -0.3 is 39.6 Å². The number of carbonyl (C=O) groups is 2. The summed E-state index contributed by atoms with van der Waals surface area (Å²) in [5, 5.41) is 9.22. The first-order chi connectivity index (χ1) is 20.4. The molecule has 0 fully saturated rings. The van der Waals surface area contributed by atoms with Gasteiger partial charge in [0.15, 0.2) is 11.5 Å². The largest absolute Gasteiger partial charge is 0.469 e. The van der Waals surface area contributed by atoms with Crippen molar-refractivity contribution in [1.82, 2.24) is 9.80 Å². The summed E-state index contributed by atoms with van der Waals surface area (Å²) in [4.78, 5) is 34.3. The first kappa shape index (κ1) is 27.4. The smallest absolute Gasteiger partial charge is 0.307 e. The normalized spacial score (nSPS) is 17.8. The van der Waals surface area contributed by atoms with Crippen LogP contribution in [0.2, 0.25) is 0 Å². The summed E-state index contributed by atoms with van der Waals surface area (Å²) in [6.07, 6.45) is 7.45. The van der Waals surface area contributed by atoms with E-state index in [0.717, 1.165) is 16.8 Å². The summed E-state index contributed by atoms with van der Waals surface area (Å²) in [6, 6.07) is 10.3. The van der Waals surface area contributed by atoms with E-state index in [-0.39, 0.29) is 25.7 Å². The van der Waals surface area contributed by atoms with E-state index in [1.54, 1.807) is 23.1 Å². The Morgan fingerprint density at radius 3 is 2.88 bits per heavy atom. The molecule has 218 valence electrons. The third-order valence-corrected chi connectivity index (χ3v) is 7.74. The molecule has 2 aromatic carbocycles. The second-order valence-corrected chi connectivity index (χ2v) is 10.3. The molecule has 3 heterocycles. The number of guanidine groups is 1. The second-order valence-electron chi connectivity index (χ2n) is 10.3. The Balaban J connectivity index is 1.23. The number of ether oxygens (including phenoxy) is 4. The summed E-state index contributed by atoms with van der Waals surface area (Å²) in [6.45, 7) is 1.21. The third-order valence-electron chi connectivity index (χ3n) is 7.74. The lowest BCUT2D eigenvalue weighted by Gasteiger charge is -2.35. The summed E-state index contributed by atoms with van der Waals surface area (Å²) in [7, 11) is 1.34. The van der Waals surface area contributed by atoms with E-state index < -0.39 is 12.0 Å². The lowest BCUT2D eigenvalue weighted by molar-refractivity contribution is -0.141. The maximum absolute atomic E-state index is 13.8. The molecular formula is C31H32N4O7. The molecule has 0 saturated carbocycles. The van der Waals surface area contributed by atoms with Crippen molar-refractivity contribution in [3.8, 4) is 17.2 Å². The van der Waals surface area contributed by atoms with E-state index in [9.17, 15) is 14.7 Å². The van der Waals surface area contributed by atoms with Gasteiger partial charge in [0.2, 0.25) is 12.8 Å². The molecule has 11 nitrogen and oxygen atoms in total. The number of aliphatic imine (C=N–C) groups is 1. The number of aliphatic hydroxyl groups is 1. The highest BCUT2D eigenvalue weighted by Gasteiger charge is 2.34. The Morgan fingerprint density at radius 2 is 2.05 bits per heavy atom. The van der Waals surface area contributed by atoms with Crippen molar-refractivity contribution in [2.75, 3.05) is 33.6 Å². The number of amides is 1. The molecule has 1 unspecified atom stereocenters. The van der Waals surface area contributed by atoms with Gasteiger partial charge in [0, 0.05) is 37.4 Å². The molecule has 42 heavy (non-hydrogen) atoms. The topological polar surface area (TPSA) is 136 Å². The minimum absolute atomic E-state index is 0.0127. The van der Waals surface area contributed by atoms with Gasteiger partial charge in [-0.1, -0.05) is 12.1 Å². The highest BCUT2D eigenvalue weighted by atomic mass is 16.7. The zero-order valence-corrected chi connectivity index (χ0v) is 23.2. The summed E-state index contributed by atoms with van der Waals surface area (Å²) >= 11 is 0. The highest BCUT2D eigenvalue weighted by Crippen LogP contribution is 2.39. The number of hydrogen-bond donors (Lipinski definition) is 2. The number of allylic oxidation sites excluding steroid dienone is 3. The van der Waals surface area contributed by atoms with Crippen LogP contribution in [0.1, 0.15) is 46.8 Å². The number of rotatable bonds is 9. The van der Waals surface area contributed by atoms with Crippen LogP contribution in [-0.4, -0.2) is 66.3 Å². The van der Waals surface area contributed by atoms with Gasteiger partial charge >= 0.3 is 5.97 Å². The quantitative estimate of drug-likeness (QED) is 0.434. The van der Waals surface area contributed by atoms with Crippen LogP contribution in [-0.2, 0) is 16.0 Å². The van der Waals surface area contributed by atoms with Crippen LogP contribution in [0.3, 0.4) is 0 Å². The van der Waals surface area contributed by atoms with Gasteiger partial charge in [-0.15, -0.1) is 0 Å². The van der Waals surface area contributed by atoms with Gasteiger partial charge in [0.25, 0.3) is 5.91 Å². The van der Waals surface area contributed by atoms with Crippen LogP contribution in [0, 0.1) is 0 Å². The number of nitrogens with two attached hydrogens (primary N) is 1. The minimum atomic E-state index is -0.528. The first-order valence-corrected chi connectivity index (χ1v) is 13.9. The minimum Gasteiger partial charge on any atom is -0.469 e. The maximum Gasteiger partial charge on any atom is 0.307 e. The summed E-state index contributed by atoms with van der Waals surface area (Å²) in [5.74, 6) is 2.16. The van der Waals surface area contributed by atoms with Crippen molar-refractivity contribution in [3.05, 3.63) is 88.5 Å². The number of hydrogen-bond acceptors (Lipinski definition) is 10. The van der Waals surface area contributed by atoms with Gasteiger partial charge in [-0.3, -0.25) is 9.59 Å². The lowest BCUT2D eigenvalue weighted by atomic mass is 9.94. The second kappa shape index (κ2) is 11.6. The average molecular weight is 573 g/mol. The molecule has 0 aromatic heterocycles. The van der Waals surface area contributed by atoms with Crippen molar-refractivity contribution in [2.24, 2.45) is 10.7 Å². The molecule has 0 radical (unpaired) electrons. The van der Waals surface area contributed by atoms with Gasteiger partial charge in [-0.05, 0) is 66.5 Å². The zero-order chi connectivity index (χ0) is 29.2. The van der Waals surface area contributed by atoms with Crippen molar-refractivity contribution in [1.29, 1.82) is 0 Å². The summed E-state index contributed by atoms with van der Waals surface area (Å²) in [5.41, 5.74) is 10.1. The van der Waals surface area contributed by atoms with E-state index in [2.05, 4.69) is 4.99 Å². The van der Waals surface area contributed by atoms with E-state index in [1.807, 2.05) is 41.3 Å². The molecule has 3 N–H and O–H groups in total. The van der Waals surface area contributed by atoms with Gasteiger partial charge in [0.1, 0.15) is 11.5 Å². The fourth-order valence-electron chi connectivity index (χ4n) is 5.61. The van der Waals surface area contributed by atoms with Crippen LogP contribution in [0.25, 0.3) is 0 Å². The van der Waals surface area contributed by atoms with Gasteiger partial charge in [-0.25, -0.2) is 4.99 Å². The van der Waals surface area contributed by atoms with Crippen molar-refractivity contribution in [3.63, 3.8) is 0 Å². The van der Waals surface area contributed by atoms with Gasteiger partial charge in [-0.2, -0.15) is 0 Å². The maximum atomic E-state index is 13.8. The molecule has 4 aliphatic rings. The highest BCUT2D eigenvalue weighted by molar-refractivity contribution is 5.97. The monoisotopic (exact) mass is 572 g/mol. The van der Waals surface area contributed by atoms with Crippen molar-refractivity contribution >= 4 is 17.8 Å². The van der Waals surface area contributed by atoms with Crippen LogP contribution in [0.4, 0.5) is 0 Å². The average Bonchev–Trinajstić information content (AvgIpc) is 3.40. The van der Waals surface area contributed by atoms with Crippen LogP contribution in [0.15, 0.2) is 76.8 Å². The van der Waals surface area contributed by atoms with E-state index >= 15 is 0 Å². The predicted molar refractivity (Wildman–Crippen MR) is 153 cm³/mol. The molecule has 1 atom stereocenters. The number of carbonyl (C=O) groups excluding carboxylic acids is 2. The molecular weight excluding hydrogens is 540 g/mol. The number of benzene rings is 2. The molecule has 0 saturated heterocycles. The number of nitrogens with zero attached hydrogens (tertiary/aromatic N) is 3. The first-order valence-electron chi connectivity index (χ1n) is 13.9. The van der Waals surface area contributed by atoms with Crippen LogP contribution in [0.5, 0.6) is 17.2 Å². The van der Waals surface area contributed by atoms with Crippen molar-refractivity contribution < 1.29 is 33.6 Å². The Labute approximate surface area is 243 Å². The molecule has 6 rings (SSSR count). The van der Waals surface area contributed by atoms with Gasteiger partial charge in [0.05, 0.1) is 25.3 Å². The van der Waals surface area contributed by atoms with E-state index in [4.69, 9.17) is 24.7 Å². The molecule has 0 spiro atoms. The fourth-order valence-corrected chi connectivity index (χ4v) is 5.61. The van der Waals surface area contributed by atoms with Crippen molar-refractivity contribution in [2.45, 2.75) is 31.7 Å². The number of aliphatic hydroxyl groups excluding tert-OH is 1. The molecule has 3 aliphatic heterocycles. The SMILES string of the molecule is COC(=O)CC(c1ccc2c(c1)OCO2)N1CCc2cc(OC3=C4CC(=CC=C3)N(CCCO)C(N)=N4)ccc2C1=O. The van der Waals surface area contributed by atoms with Crippen LogP contribution >= 0.6 is 0 Å². The lowest BCUT2D eigenvalue weighted by Crippen LogP contribution is -2.41. The van der Waals surface area contributed by atoms with E-state index in [0.29, 0.717) is 72.6 Å². The molecule has 2 bridgehead atoms. The Kier molecular flexibility index (Phi) is 7.58. The Hall–Kier alpha value is -4.77. The standard InChI is InChI=1S/C31H32N4O7/c1-39-29(37)17-25(20-6-9-27-28(15-20)41-18-40-27)35-12-10-19-14-22(7-8-23(19)30(35)38)42-26-5-2-4-21-16-24(26)33-31(32)34(21)11-3-13-36/h2,4-9,14-15,25,36H,3,10-13,16-18H2,1H3,(H2,32,33).